The molecule has 0 aliphatic heterocycles. The minimum atomic E-state index is -0.137. The van der Waals surface area contributed by atoms with Crippen LogP contribution in [0.25, 0.3) is 0 Å². The van der Waals surface area contributed by atoms with Gasteiger partial charge in [0.1, 0.15) is 6.10 Å². The van der Waals surface area contributed by atoms with Crippen molar-refractivity contribution in [2.24, 2.45) is 52.3 Å². The zero-order chi connectivity index (χ0) is 25.8. The van der Waals surface area contributed by atoms with Gasteiger partial charge in [-0.05, 0) is 104 Å². The first-order valence-electron chi connectivity index (χ1n) is 14.6. The van der Waals surface area contributed by atoms with Crippen molar-refractivity contribution in [3.05, 3.63) is 12.2 Å². The van der Waals surface area contributed by atoms with Gasteiger partial charge in [-0.1, -0.05) is 85.6 Å². The Morgan fingerprint density at radius 1 is 1.06 bits per heavy atom. The molecule has 4 aliphatic rings. The number of alkyl halides is 2. The number of esters is 1. The molecule has 4 rings (SSSR count). The number of rotatable bonds is 6. The summed E-state index contributed by atoms with van der Waals surface area (Å²) in [4.78, 5) is 12.1. The minimum Gasteiger partial charge on any atom is -0.463 e. The lowest BCUT2D eigenvalue weighted by Gasteiger charge is -2.66. The van der Waals surface area contributed by atoms with E-state index in [0.29, 0.717) is 22.1 Å². The summed E-state index contributed by atoms with van der Waals surface area (Å²) >= 11 is 8.51. The standard InChI is InChI=1S/C31H50Br2O2/c1-8-22(19(2)3)10-9-20(4)25-11-12-26-24-17-28(32)31(33)18-23(35-21(5)34)13-16-30(31,7)27(24)14-15-29(25,26)6/h9-10,19-20,22-28H,8,11-18H2,1-7H3/b10-9+/t20-,22-,23+,24+,25-,26+,27+,28-,29-,30-,31+/m1/s1. The fourth-order valence-electron chi connectivity index (χ4n) is 9.67. The van der Waals surface area contributed by atoms with Crippen molar-refractivity contribution in [2.45, 2.75) is 122 Å². The number of allylic oxidation sites excluding steroid dienone is 2. The van der Waals surface area contributed by atoms with E-state index in [9.17, 15) is 4.79 Å². The molecule has 0 heterocycles. The van der Waals surface area contributed by atoms with Gasteiger partial charge in [0.25, 0.3) is 0 Å². The van der Waals surface area contributed by atoms with Crippen LogP contribution in [0.15, 0.2) is 12.2 Å². The summed E-state index contributed by atoms with van der Waals surface area (Å²) in [7, 11) is 0. The lowest BCUT2D eigenvalue weighted by atomic mass is 9.44. The Morgan fingerprint density at radius 2 is 1.77 bits per heavy atom. The second-order valence-electron chi connectivity index (χ2n) is 13.6. The van der Waals surface area contributed by atoms with Crippen LogP contribution in [-0.2, 0) is 9.53 Å². The predicted molar refractivity (Wildman–Crippen MR) is 154 cm³/mol. The summed E-state index contributed by atoms with van der Waals surface area (Å²) in [5, 5.41) is 0. The monoisotopic (exact) mass is 612 g/mol. The van der Waals surface area contributed by atoms with Crippen molar-refractivity contribution >= 4 is 37.8 Å². The van der Waals surface area contributed by atoms with Crippen LogP contribution in [0.4, 0.5) is 0 Å². The van der Waals surface area contributed by atoms with Gasteiger partial charge < -0.3 is 4.74 Å². The Balaban J connectivity index is 1.54. The topological polar surface area (TPSA) is 26.3 Å². The molecule has 0 radical (unpaired) electrons. The number of fused-ring (bicyclic) bond motifs is 5. The molecule has 0 spiro atoms. The lowest BCUT2D eigenvalue weighted by Crippen LogP contribution is -2.64. The third-order valence-electron chi connectivity index (χ3n) is 11.7. The third kappa shape index (κ3) is 4.76. The first-order chi connectivity index (χ1) is 16.4. The first-order valence-corrected chi connectivity index (χ1v) is 16.3. The Hall–Kier alpha value is 0.170. The highest BCUT2D eigenvalue weighted by molar-refractivity contribution is 9.12. The molecule has 35 heavy (non-hydrogen) atoms. The van der Waals surface area contributed by atoms with Crippen LogP contribution in [-0.4, -0.2) is 21.2 Å². The number of carbonyl (C=O) groups excluding carboxylic acids is 1. The van der Waals surface area contributed by atoms with Crippen molar-refractivity contribution in [1.29, 1.82) is 0 Å². The maximum absolute atomic E-state index is 11.7. The number of hydrogen-bond donors (Lipinski definition) is 0. The lowest BCUT2D eigenvalue weighted by molar-refractivity contribution is -0.155. The Kier molecular flexibility index (Phi) is 8.36. The molecular weight excluding hydrogens is 564 g/mol. The molecule has 0 bridgehead atoms. The summed E-state index contributed by atoms with van der Waals surface area (Å²) in [6.45, 7) is 16.3. The third-order valence-corrected chi connectivity index (χ3v) is 15.3. The summed E-state index contributed by atoms with van der Waals surface area (Å²) in [5.41, 5.74) is 0.714. The van der Waals surface area contributed by atoms with E-state index >= 15 is 0 Å². The van der Waals surface area contributed by atoms with Gasteiger partial charge in [0, 0.05) is 22.5 Å². The van der Waals surface area contributed by atoms with Crippen LogP contribution in [0.2, 0.25) is 0 Å². The zero-order valence-electron chi connectivity index (χ0n) is 23.3. The van der Waals surface area contributed by atoms with E-state index in [2.05, 4.69) is 85.6 Å². The summed E-state index contributed by atoms with van der Waals surface area (Å²) in [5.74, 6) is 5.19. The number of hydrogen-bond acceptors (Lipinski definition) is 2. The van der Waals surface area contributed by atoms with Gasteiger partial charge in [0.2, 0.25) is 0 Å². The Labute approximate surface area is 232 Å². The molecule has 11 atom stereocenters. The number of ether oxygens (including phenoxy) is 1. The summed E-state index contributed by atoms with van der Waals surface area (Å²) < 4.78 is 5.73. The fourth-order valence-corrected chi connectivity index (χ4v) is 11.9. The van der Waals surface area contributed by atoms with E-state index in [1.807, 2.05) is 0 Å². The van der Waals surface area contributed by atoms with Crippen LogP contribution in [0, 0.1) is 52.3 Å². The second kappa shape index (κ2) is 10.4. The smallest absolute Gasteiger partial charge is 0.302 e. The molecular formula is C31H50Br2O2. The van der Waals surface area contributed by atoms with Crippen LogP contribution in [0.1, 0.15) is 106 Å². The van der Waals surface area contributed by atoms with Crippen molar-refractivity contribution in [2.75, 3.05) is 0 Å². The van der Waals surface area contributed by atoms with E-state index in [1.165, 1.54) is 38.5 Å². The predicted octanol–water partition coefficient (Wildman–Crippen LogP) is 9.34. The molecule has 2 nitrogen and oxygen atoms in total. The molecule has 4 fully saturated rings. The molecule has 4 aliphatic carbocycles. The van der Waals surface area contributed by atoms with Crippen LogP contribution < -0.4 is 0 Å². The fraction of sp³-hybridized carbons (Fsp3) is 0.903. The van der Waals surface area contributed by atoms with Gasteiger partial charge in [-0.15, -0.1) is 0 Å². The van der Waals surface area contributed by atoms with Gasteiger partial charge in [0.15, 0.2) is 0 Å². The quantitative estimate of drug-likeness (QED) is 0.169. The van der Waals surface area contributed by atoms with Crippen molar-refractivity contribution in [1.82, 2.24) is 0 Å². The Bertz CT molecular complexity index is 810. The van der Waals surface area contributed by atoms with Crippen LogP contribution in [0.5, 0.6) is 0 Å². The molecule has 0 aromatic carbocycles. The van der Waals surface area contributed by atoms with Gasteiger partial charge >= 0.3 is 5.97 Å². The van der Waals surface area contributed by atoms with E-state index in [4.69, 9.17) is 4.74 Å². The largest absolute Gasteiger partial charge is 0.463 e. The molecule has 0 aromatic heterocycles. The van der Waals surface area contributed by atoms with Gasteiger partial charge in [-0.3, -0.25) is 4.79 Å². The molecule has 0 saturated heterocycles. The number of halogens is 2. The highest BCUT2D eigenvalue weighted by atomic mass is 79.9. The molecule has 0 amide bonds. The number of carbonyl (C=O) groups is 1. The first kappa shape index (κ1) is 28.2. The van der Waals surface area contributed by atoms with Crippen molar-refractivity contribution < 1.29 is 9.53 Å². The van der Waals surface area contributed by atoms with Crippen molar-refractivity contribution in [3.8, 4) is 0 Å². The maximum Gasteiger partial charge on any atom is 0.302 e. The molecule has 200 valence electrons. The van der Waals surface area contributed by atoms with E-state index < -0.39 is 0 Å². The summed E-state index contributed by atoms with van der Waals surface area (Å²) in [6, 6.07) is 0. The average Bonchev–Trinajstić information content (AvgIpc) is 3.13. The zero-order valence-corrected chi connectivity index (χ0v) is 26.5. The summed E-state index contributed by atoms with van der Waals surface area (Å²) in [6.07, 6.45) is 16.3. The SMILES string of the molecule is CC[C@H](/C=C/[C@@H](C)[C@H]1CC[C@H]2[C@@H]3C[C@@H](Br)[C@@]4(Br)C[C@@H](OC(C)=O)CC[C@]4(C)[C@H]3CC[C@]12C)C(C)C. The van der Waals surface area contributed by atoms with Crippen LogP contribution in [0.3, 0.4) is 0 Å². The molecule has 4 saturated carbocycles. The van der Waals surface area contributed by atoms with Crippen molar-refractivity contribution in [3.63, 3.8) is 0 Å². The molecule has 0 aromatic rings. The van der Waals surface area contributed by atoms with E-state index in [0.717, 1.165) is 48.9 Å². The van der Waals surface area contributed by atoms with Gasteiger partial charge in [-0.2, -0.15) is 0 Å². The van der Waals surface area contributed by atoms with E-state index in [-0.39, 0.29) is 21.8 Å². The second-order valence-corrected chi connectivity index (χ2v) is 16.1. The average molecular weight is 615 g/mol. The molecule has 4 heteroatoms. The molecule has 0 unspecified atom stereocenters. The maximum atomic E-state index is 11.7. The minimum absolute atomic E-state index is 0.00726. The Morgan fingerprint density at radius 3 is 2.40 bits per heavy atom. The van der Waals surface area contributed by atoms with Gasteiger partial charge in [0.05, 0.1) is 0 Å². The van der Waals surface area contributed by atoms with E-state index in [1.54, 1.807) is 6.92 Å². The highest BCUT2D eigenvalue weighted by Gasteiger charge is 2.67. The highest BCUT2D eigenvalue weighted by Crippen LogP contribution is 2.71. The normalized spacial score (nSPS) is 47.1. The van der Waals surface area contributed by atoms with Crippen LogP contribution >= 0.6 is 31.9 Å². The molecule has 0 N–H and O–H groups in total. The van der Waals surface area contributed by atoms with Gasteiger partial charge in [-0.25, -0.2) is 0 Å².